The van der Waals surface area contributed by atoms with Crippen LogP contribution >= 0.6 is 11.8 Å². The van der Waals surface area contributed by atoms with E-state index < -0.39 is 0 Å². The molecule has 0 aliphatic carbocycles. The maximum absolute atomic E-state index is 4.64. The van der Waals surface area contributed by atoms with Crippen molar-refractivity contribution in [2.45, 2.75) is 49.5 Å². The number of benzene rings is 4. The Bertz CT molecular complexity index is 2170. The fourth-order valence-electron chi connectivity index (χ4n) is 8.98. The first-order valence-corrected chi connectivity index (χ1v) is 16.4. The highest BCUT2D eigenvalue weighted by atomic mass is 32.2. The summed E-state index contributed by atoms with van der Waals surface area (Å²) >= 11 is 2.17. The van der Waals surface area contributed by atoms with Crippen LogP contribution in [-0.2, 0) is 11.4 Å². The van der Waals surface area contributed by atoms with Crippen molar-refractivity contribution in [3.8, 4) is 0 Å². The molecule has 2 aromatic heterocycles. The Morgan fingerprint density at radius 1 is 0.953 bits per heavy atom. The van der Waals surface area contributed by atoms with E-state index in [2.05, 4.69) is 144 Å². The fraction of sp³-hybridized carbons (Fsp3) is 0.263. The molecule has 0 radical (unpaired) electrons. The topological polar surface area (TPSA) is 25.1 Å². The van der Waals surface area contributed by atoms with Crippen LogP contribution in [0.15, 0.2) is 92.0 Å². The molecule has 1 saturated heterocycles. The van der Waals surface area contributed by atoms with Crippen LogP contribution in [0, 0.1) is 5.92 Å². The molecular weight excluding hydrogens is 545 g/mol. The van der Waals surface area contributed by atoms with Crippen molar-refractivity contribution in [3.05, 3.63) is 109 Å². The highest BCUT2D eigenvalue weighted by molar-refractivity contribution is 8.00. The van der Waals surface area contributed by atoms with E-state index in [1.807, 2.05) is 0 Å². The summed E-state index contributed by atoms with van der Waals surface area (Å²) in [5.41, 5.74) is 11.5. The van der Waals surface area contributed by atoms with Gasteiger partial charge in [0.25, 0.3) is 0 Å². The molecule has 6 aromatic rings. The van der Waals surface area contributed by atoms with E-state index >= 15 is 0 Å². The number of para-hydroxylation sites is 2. The zero-order chi connectivity index (χ0) is 29.2. The molecule has 4 atom stereocenters. The molecule has 0 unspecified atom stereocenters. The van der Waals surface area contributed by atoms with Crippen molar-refractivity contribution >= 4 is 66.8 Å². The average molecular weight is 581 g/mol. The first kappa shape index (κ1) is 25.4. The minimum absolute atomic E-state index is 0.167. The van der Waals surface area contributed by atoms with Crippen molar-refractivity contribution in [1.29, 1.82) is 0 Å². The van der Waals surface area contributed by atoms with Gasteiger partial charge < -0.3 is 19.4 Å². The maximum atomic E-state index is 4.64. The maximum Gasteiger partial charge on any atom is 0.0950 e. The molecule has 4 nitrogen and oxygen atoms in total. The second-order valence-electron chi connectivity index (χ2n) is 12.7. The third-order valence-corrected chi connectivity index (χ3v) is 12.5. The number of fused-ring (bicyclic) bond motifs is 13. The van der Waals surface area contributed by atoms with Crippen molar-refractivity contribution in [2.75, 3.05) is 7.05 Å². The number of nitrogens with zero attached hydrogens (tertiary/aromatic N) is 3. The average Bonchev–Trinajstić information content (AvgIpc) is 3.68. The van der Waals surface area contributed by atoms with Crippen LogP contribution in [0.3, 0.4) is 0 Å². The second kappa shape index (κ2) is 8.73. The van der Waals surface area contributed by atoms with Gasteiger partial charge >= 0.3 is 0 Å². The van der Waals surface area contributed by atoms with Gasteiger partial charge in [-0.3, -0.25) is 0 Å². The molecule has 9 rings (SSSR count). The van der Waals surface area contributed by atoms with Crippen molar-refractivity contribution < 1.29 is 0 Å². The van der Waals surface area contributed by atoms with E-state index in [1.54, 1.807) is 0 Å². The normalized spacial score (nSPS) is 24.2. The lowest BCUT2D eigenvalue weighted by Crippen LogP contribution is -2.51. The van der Waals surface area contributed by atoms with Crippen molar-refractivity contribution in [3.63, 3.8) is 0 Å². The van der Waals surface area contributed by atoms with E-state index in [9.17, 15) is 0 Å². The molecule has 4 aromatic carbocycles. The Labute approximate surface area is 256 Å². The Balaban J connectivity index is 1.43. The van der Waals surface area contributed by atoms with Gasteiger partial charge in [-0.1, -0.05) is 86.8 Å². The van der Waals surface area contributed by atoms with Gasteiger partial charge in [0, 0.05) is 64.1 Å². The molecule has 0 spiro atoms. The first-order valence-electron chi connectivity index (χ1n) is 15.5. The molecule has 214 valence electrons. The van der Waals surface area contributed by atoms with E-state index in [0.717, 1.165) is 30.8 Å². The molecule has 0 amide bonds. The molecule has 2 bridgehead atoms. The van der Waals surface area contributed by atoms with E-state index in [4.69, 9.17) is 0 Å². The summed E-state index contributed by atoms with van der Waals surface area (Å²) in [6.45, 7) is 14.9. The Kier molecular flexibility index (Phi) is 5.16. The third kappa shape index (κ3) is 3.08. The zero-order valence-electron chi connectivity index (χ0n) is 25.0. The molecular formula is C38H36N4S. The van der Waals surface area contributed by atoms with Crippen LogP contribution in [0.25, 0.3) is 55.0 Å². The standard InChI is InChI=1S/C38H36N4S/c1-6-28-31(40(5)23(3)24-14-8-7-9-15-24)20-32-41-29-18-12-10-16-25(29)35-33-22(2)39-21-27(33)34-26-17-11-13-19-30(26)42(37(34)36(35)41)38(28,4)43-32/h7-19,28,31-32,39H,2-3,6,20-21H2,1,4-5H3/t28-,31-,32-,38+/m1/s1. The number of nitrogens with one attached hydrogen (secondary N) is 1. The molecule has 3 aliphatic heterocycles. The SMILES string of the molecule is C=C1NCc2c1c1c3ccccc3n3c1c1c2c2ccccc2n1[C@@]1(C)S[C@@H]3C[C@@H](N(C)C(=C)c2ccccc2)[C@H]1CC. The molecule has 5 heteroatoms. The predicted molar refractivity (Wildman–Crippen MR) is 184 cm³/mol. The van der Waals surface area contributed by atoms with Gasteiger partial charge in [0.05, 0.1) is 32.3 Å². The minimum Gasteiger partial charge on any atom is -0.381 e. The lowest BCUT2D eigenvalue weighted by molar-refractivity contribution is 0.143. The van der Waals surface area contributed by atoms with Gasteiger partial charge in [0.15, 0.2) is 0 Å². The summed E-state index contributed by atoms with van der Waals surface area (Å²) < 4.78 is 5.48. The molecule has 1 N–H and O–H groups in total. The molecule has 3 aliphatic rings. The van der Waals surface area contributed by atoms with Crippen LogP contribution in [-0.4, -0.2) is 27.1 Å². The summed E-state index contributed by atoms with van der Waals surface area (Å²) in [4.78, 5) is 2.33. The van der Waals surface area contributed by atoms with Gasteiger partial charge in [-0.2, -0.15) is 0 Å². The summed E-state index contributed by atoms with van der Waals surface area (Å²) in [6.07, 6.45) is 2.14. The number of aromatic nitrogens is 2. The largest absolute Gasteiger partial charge is 0.381 e. The van der Waals surface area contributed by atoms with Gasteiger partial charge in [-0.05, 0) is 43.0 Å². The van der Waals surface area contributed by atoms with Crippen LogP contribution in [0.1, 0.15) is 48.8 Å². The van der Waals surface area contributed by atoms with Gasteiger partial charge in [0.1, 0.15) is 0 Å². The molecule has 43 heavy (non-hydrogen) atoms. The number of thioether (sulfide) groups is 1. The second-order valence-corrected chi connectivity index (χ2v) is 14.3. The minimum atomic E-state index is -0.167. The number of hydrogen-bond acceptors (Lipinski definition) is 3. The monoisotopic (exact) mass is 580 g/mol. The van der Waals surface area contributed by atoms with Crippen LogP contribution in [0.4, 0.5) is 0 Å². The van der Waals surface area contributed by atoms with E-state index in [-0.39, 0.29) is 10.2 Å². The summed E-state index contributed by atoms with van der Waals surface area (Å²) in [7, 11) is 2.28. The quantitative estimate of drug-likeness (QED) is 0.225. The number of hydrogen-bond donors (Lipinski definition) is 1. The lowest BCUT2D eigenvalue weighted by Gasteiger charge is -2.52. The predicted octanol–water partition coefficient (Wildman–Crippen LogP) is 9.30. The van der Waals surface area contributed by atoms with Crippen molar-refractivity contribution in [2.24, 2.45) is 5.92 Å². The summed E-state index contributed by atoms with van der Waals surface area (Å²) in [5, 5.41) is 9.36. The van der Waals surface area contributed by atoms with E-state index in [0.29, 0.717) is 12.0 Å². The summed E-state index contributed by atoms with van der Waals surface area (Å²) in [6, 6.07) is 29.2. The van der Waals surface area contributed by atoms with Gasteiger partial charge in [-0.25, -0.2) is 0 Å². The number of rotatable bonds is 4. The van der Waals surface area contributed by atoms with Crippen LogP contribution in [0.2, 0.25) is 0 Å². The van der Waals surface area contributed by atoms with Gasteiger partial charge in [0.2, 0.25) is 0 Å². The highest BCUT2D eigenvalue weighted by Gasteiger charge is 2.52. The van der Waals surface area contributed by atoms with Crippen LogP contribution in [0.5, 0.6) is 0 Å². The summed E-state index contributed by atoms with van der Waals surface area (Å²) in [5.74, 6) is 0.408. The highest BCUT2D eigenvalue weighted by Crippen LogP contribution is 2.62. The van der Waals surface area contributed by atoms with E-state index in [1.165, 1.54) is 60.3 Å². The third-order valence-electron chi connectivity index (χ3n) is 10.8. The van der Waals surface area contributed by atoms with Gasteiger partial charge in [-0.15, -0.1) is 11.8 Å². The molecule has 0 saturated carbocycles. The zero-order valence-corrected chi connectivity index (χ0v) is 25.8. The van der Waals surface area contributed by atoms with Crippen molar-refractivity contribution in [1.82, 2.24) is 19.4 Å². The Morgan fingerprint density at radius 2 is 1.63 bits per heavy atom. The lowest BCUT2D eigenvalue weighted by atomic mass is 9.84. The first-order chi connectivity index (χ1) is 20.9. The Hall–Kier alpha value is -4.09. The molecule has 1 fully saturated rings. The Morgan fingerprint density at radius 3 is 2.37 bits per heavy atom. The van der Waals surface area contributed by atoms with Crippen LogP contribution < -0.4 is 5.32 Å². The fourth-order valence-corrected chi connectivity index (χ4v) is 10.9. The molecule has 5 heterocycles. The smallest absolute Gasteiger partial charge is 0.0950 e.